The second-order valence-electron chi connectivity index (χ2n) is 6.24. The monoisotopic (exact) mass is 360 g/mol. The van der Waals surface area contributed by atoms with Crippen molar-refractivity contribution in [3.8, 4) is 0 Å². The Labute approximate surface area is 149 Å². The maximum absolute atomic E-state index is 12.7. The van der Waals surface area contributed by atoms with Crippen LogP contribution in [0.15, 0.2) is 47.4 Å². The van der Waals surface area contributed by atoms with E-state index < -0.39 is 10.0 Å². The van der Waals surface area contributed by atoms with Gasteiger partial charge < -0.3 is 5.32 Å². The first-order chi connectivity index (χ1) is 11.7. The van der Waals surface area contributed by atoms with E-state index in [0.717, 1.165) is 12.0 Å². The lowest BCUT2D eigenvalue weighted by Crippen LogP contribution is -2.31. The Balaban J connectivity index is 2.27. The molecule has 0 saturated carbocycles. The lowest BCUT2D eigenvalue weighted by Gasteiger charge is -2.14. The van der Waals surface area contributed by atoms with Gasteiger partial charge in [0.15, 0.2) is 0 Å². The van der Waals surface area contributed by atoms with Gasteiger partial charge in [0.25, 0.3) is 15.9 Å². The molecular formula is C19H24N2O3S. The molecule has 1 unspecified atom stereocenters. The van der Waals surface area contributed by atoms with Gasteiger partial charge in [-0.3, -0.25) is 9.52 Å². The molecule has 0 spiro atoms. The summed E-state index contributed by atoms with van der Waals surface area (Å²) in [5.74, 6) is -0.220. The molecule has 2 N–H and O–H groups in total. The van der Waals surface area contributed by atoms with Gasteiger partial charge in [-0.15, -0.1) is 0 Å². The quantitative estimate of drug-likeness (QED) is 0.826. The molecule has 2 aromatic carbocycles. The minimum absolute atomic E-state index is 0.0581. The fraction of sp³-hybridized carbons (Fsp3) is 0.316. The van der Waals surface area contributed by atoms with E-state index in [-0.39, 0.29) is 16.8 Å². The minimum atomic E-state index is -3.72. The smallest absolute Gasteiger partial charge is 0.262 e. The largest absolute Gasteiger partial charge is 0.350 e. The highest BCUT2D eigenvalue weighted by atomic mass is 32.2. The Morgan fingerprint density at radius 2 is 1.84 bits per heavy atom. The molecule has 0 fully saturated rings. The Morgan fingerprint density at radius 1 is 1.12 bits per heavy atom. The molecule has 0 aliphatic heterocycles. The molecule has 0 bridgehead atoms. The summed E-state index contributed by atoms with van der Waals surface area (Å²) in [6, 6.07) is 11.8. The van der Waals surface area contributed by atoms with Crippen LogP contribution in [-0.2, 0) is 10.0 Å². The molecule has 2 rings (SSSR count). The number of sulfonamides is 1. The lowest BCUT2D eigenvalue weighted by atomic mass is 10.1. The average molecular weight is 360 g/mol. The zero-order valence-electron chi connectivity index (χ0n) is 15.0. The van der Waals surface area contributed by atoms with Crippen LogP contribution in [0.2, 0.25) is 0 Å². The summed E-state index contributed by atoms with van der Waals surface area (Å²) in [6.45, 7) is 7.51. The molecule has 0 aliphatic carbocycles. The van der Waals surface area contributed by atoms with E-state index in [2.05, 4.69) is 10.0 Å². The van der Waals surface area contributed by atoms with Crippen LogP contribution < -0.4 is 10.0 Å². The van der Waals surface area contributed by atoms with Crippen molar-refractivity contribution in [2.24, 2.45) is 0 Å². The van der Waals surface area contributed by atoms with Crippen LogP contribution in [0, 0.1) is 13.8 Å². The number of hydrogen-bond donors (Lipinski definition) is 2. The van der Waals surface area contributed by atoms with E-state index >= 15 is 0 Å². The molecule has 0 heterocycles. The number of hydrogen-bond acceptors (Lipinski definition) is 3. The maximum Gasteiger partial charge on any atom is 0.262 e. The van der Waals surface area contributed by atoms with Crippen molar-refractivity contribution in [3.63, 3.8) is 0 Å². The zero-order valence-corrected chi connectivity index (χ0v) is 15.8. The molecule has 0 aromatic heterocycles. The molecule has 1 atom stereocenters. The van der Waals surface area contributed by atoms with Gasteiger partial charge in [-0.25, -0.2) is 8.42 Å². The molecule has 134 valence electrons. The molecular weight excluding hydrogens is 336 g/mol. The van der Waals surface area contributed by atoms with Crippen LogP contribution in [0.25, 0.3) is 0 Å². The van der Waals surface area contributed by atoms with E-state index in [0.29, 0.717) is 16.8 Å². The fourth-order valence-corrected chi connectivity index (χ4v) is 3.72. The van der Waals surface area contributed by atoms with E-state index in [4.69, 9.17) is 0 Å². The first-order valence-corrected chi connectivity index (χ1v) is 9.72. The number of nitrogens with one attached hydrogen (secondary N) is 2. The minimum Gasteiger partial charge on any atom is -0.350 e. The standard InChI is InChI=1S/C19H24N2O3S/c1-5-15(4)20-19(22)16-7-6-8-17(12-16)21-25(23,24)18-11-13(2)9-10-14(18)3/h6-12,15,21H,5H2,1-4H3,(H,20,22). The van der Waals surface area contributed by atoms with Crippen molar-refractivity contribution >= 4 is 21.6 Å². The lowest BCUT2D eigenvalue weighted by molar-refractivity contribution is 0.0939. The van der Waals surface area contributed by atoms with Crippen molar-refractivity contribution in [1.82, 2.24) is 5.32 Å². The normalized spacial score (nSPS) is 12.5. The number of amides is 1. The third-order valence-corrected chi connectivity index (χ3v) is 5.52. The Bertz CT molecular complexity index is 876. The molecule has 0 saturated heterocycles. The van der Waals surface area contributed by atoms with Gasteiger partial charge in [0.05, 0.1) is 4.90 Å². The highest BCUT2D eigenvalue weighted by Gasteiger charge is 2.18. The number of anilines is 1. The van der Waals surface area contributed by atoms with E-state index in [9.17, 15) is 13.2 Å². The van der Waals surface area contributed by atoms with Crippen LogP contribution in [-0.4, -0.2) is 20.4 Å². The first kappa shape index (κ1) is 19.0. The number of aryl methyl sites for hydroxylation is 2. The van der Waals surface area contributed by atoms with E-state index in [1.165, 1.54) is 0 Å². The topological polar surface area (TPSA) is 75.3 Å². The molecule has 0 aliphatic rings. The maximum atomic E-state index is 12.7. The van der Waals surface area contributed by atoms with Gasteiger partial charge in [-0.1, -0.05) is 25.1 Å². The molecule has 2 aromatic rings. The van der Waals surface area contributed by atoms with E-state index in [1.807, 2.05) is 26.8 Å². The number of benzene rings is 2. The van der Waals surface area contributed by atoms with Gasteiger partial charge in [0, 0.05) is 17.3 Å². The highest BCUT2D eigenvalue weighted by Crippen LogP contribution is 2.21. The highest BCUT2D eigenvalue weighted by molar-refractivity contribution is 7.92. The van der Waals surface area contributed by atoms with Gasteiger partial charge in [0.1, 0.15) is 0 Å². The van der Waals surface area contributed by atoms with Crippen LogP contribution in [0.4, 0.5) is 5.69 Å². The Kier molecular flexibility index (Phi) is 5.85. The number of rotatable bonds is 6. The van der Waals surface area contributed by atoms with Gasteiger partial charge in [-0.05, 0) is 62.6 Å². The molecule has 6 heteroatoms. The van der Waals surface area contributed by atoms with Crippen molar-refractivity contribution in [1.29, 1.82) is 0 Å². The first-order valence-electron chi connectivity index (χ1n) is 8.24. The van der Waals surface area contributed by atoms with Crippen molar-refractivity contribution in [2.45, 2.75) is 45.1 Å². The fourth-order valence-electron chi connectivity index (χ4n) is 2.34. The van der Waals surface area contributed by atoms with Crippen molar-refractivity contribution in [2.75, 3.05) is 4.72 Å². The van der Waals surface area contributed by atoms with Crippen LogP contribution in [0.3, 0.4) is 0 Å². The summed E-state index contributed by atoms with van der Waals surface area (Å²) in [4.78, 5) is 12.5. The number of carbonyl (C=O) groups excluding carboxylic acids is 1. The molecule has 0 radical (unpaired) electrons. The second-order valence-corrected chi connectivity index (χ2v) is 7.89. The summed E-state index contributed by atoms with van der Waals surface area (Å²) in [5.41, 5.74) is 2.32. The number of carbonyl (C=O) groups is 1. The zero-order chi connectivity index (χ0) is 18.6. The van der Waals surface area contributed by atoms with Crippen molar-refractivity contribution in [3.05, 3.63) is 59.2 Å². The van der Waals surface area contributed by atoms with Gasteiger partial charge in [0.2, 0.25) is 0 Å². The van der Waals surface area contributed by atoms with Crippen molar-refractivity contribution < 1.29 is 13.2 Å². The molecule has 1 amide bonds. The summed E-state index contributed by atoms with van der Waals surface area (Å²) in [5, 5.41) is 2.87. The Hall–Kier alpha value is -2.34. The molecule has 5 nitrogen and oxygen atoms in total. The second kappa shape index (κ2) is 7.70. The van der Waals surface area contributed by atoms with Crippen LogP contribution >= 0.6 is 0 Å². The van der Waals surface area contributed by atoms with Crippen LogP contribution in [0.5, 0.6) is 0 Å². The predicted molar refractivity (Wildman–Crippen MR) is 100 cm³/mol. The summed E-state index contributed by atoms with van der Waals surface area (Å²) in [7, 11) is -3.72. The van der Waals surface area contributed by atoms with Crippen LogP contribution in [0.1, 0.15) is 41.8 Å². The average Bonchev–Trinajstić information content (AvgIpc) is 2.56. The van der Waals surface area contributed by atoms with Gasteiger partial charge >= 0.3 is 0 Å². The summed E-state index contributed by atoms with van der Waals surface area (Å²) >= 11 is 0. The third kappa shape index (κ3) is 4.82. The SMILES string of the molecule is CCC(C)NC(=O)c1cccc(NS(=O)(=O)c2cc(C)ccc2C)c1. The van der Waals surface area contributed by atoms with E-state index in [1.54, 1.807) is 43.3 Å². The third-order valence-electron chi connectivity index (χ3n) is 4.00. The predicted octanol–water partition coefficient (Wildman–Crippen LogP) is 3.63. The molecule has 25 heavy (non-hydrogen) atoms. The Morgan fingerprint density at radius 3 is 2.52 bits per heavy atom. The summed E-state index contributed by atoms with van der Waals surface area (Å²) in [6.07, 6.45) is 0.824. The summed E-state index contributed by atoms with van der Waals surface area (Å²) < 4.78 is 27.9. The van der Waals surface area contributed by atoms with Gasteiger partial charge in [-0.2, -0.15) is 0 Å².